The molecule has 0 radical (unpaired) electrons. The second-order valence-corrected chi connectivity index (χ2v) is 4.00. The normalized spacial score (nSPS) is 11.2. The minimum absolute atomic E-state index is 0.0694. The van der Waals surface area contributed by atoms with Crippen molar-refractivity contribution in [3.8, 4) is 5.75 Å². The molecular weight excluding hydrogens is 256 g/mol. The summed E-state index contributed by atoms with van der Waals surface area (Å²) in [6.45, 7) is 0. The third-order valence-electron chi connectivity index (χ3n) is 2.55. The van der Waals surface area contributed by atoms with E-state index in [1.165, 1.54) is 12.1 Å². The fourth-order valence-corrected chi connectivity index (χ4v) is 1.53. The van der Waals surface area contributed by atoms with Crippen LogP contribution in [-0.2, 0) is 0 Å². The Morgan fingerprint density at radius 1 is 1.05 bits per heavy atom. The molecule has 0 aliphatic rings. The maximum absolute atomic E-state index is 10.5. The van der Waals surface area contributed by atoms with E-state index < -0.39 is 4.92 Å². The van der Waals surface area contributed by atoms with Crippen LogP contribution in [0.25, 0.3) is 6.08 Å². The molecule has 0 aromatic heterocycles. The van der Waals surface area contributed by atoms with E-state index in [0.717, 1.165) is 11.3 Å². The van der Waals surface area contributed by atoms with E-state index in [2.05, 4.69) is 4.99 Å². The molecule has 20 heavy (non-hydrogen) atoms. The number of rotatable bonds is 4. The number of benzene rings is 2. The highest BCUT2D eigenvalue weighted by atomic mass is 16.6. The molecule has 0 spiro atoms. The van der Waals surface area contributed by atoms with Gasteiger partial charge in [-0.15, -0.1) is 0 Å². The van der Waals surface area contributed by atoms with E-state index >= 15 is 0 Å². The molecule has 2 aromatic rings. The van der Waals surface area contributed by atoms with Gasteiger partial charge in [-0.25, -0.2) is 0 Å². The first kappa shape index (κ1) is 13.5. The Balaban J connectivity index is 1.99. The van der Waals surface area contributed by atoms with E-state index in [0.29, 0.717) is 0 Å². The van der Waals surface area contributed by atoms with Crippen LogP contribution in [0.4, 0.5) is 11.4 Å². The van der Waals surface area contributed by atoms with Crippen LogP contribution in [0.15, 0.2) is 59.6 Å². The summed E-state index contributed by atoms with van der Waals surface area (Å²) in [6.07, 6.45) is 5.16. The van der Waals surface area contributed by atoms with Crippen LogP contribution in [-0.4, -0.2) is 16.2 Å². The molecular formula is C15H12N2O3. The maximum atomic E-state index is 10.5. The number of aliphatic imine (C=N–C) groups is 1. The predicted octanol–water partition coefficient (Wildman–Crippen LogP) is 3.72. The van der Waals surface area contributed by atoms with Gasteiger partial charge < -0.3 is 5.11 Å². The van der Waals surface area contributed by atoms with Crippen molar-refractivity contribution in [3.63, 3.8) is 0 Å². The van der Waals surface area contributed by atoms with Gasteiger partial charge in [0.25, 0.3) is 5.69 Å². The van der Waals surface area contributed by atoms with Crippen molar-refractivity contribution in [3.05, 3.63) is 70.3 Å². The first-order valence-electron chi connectivity index (χ1n) is 5.89. The molecule has 2 rings (SSSR count). The topological polar surface area (TPSA) is 75.7 Å². The first-order chi connectivity index (χ1) is 9.65. The van der Waals surface area contributed by atoms with Crippen molar-refractivity contribution in [2.45, 2.75) is 0 Å². The highest BCUT2D eigenvalue weighted by Gasteiger charge is 2.01. The first-order valence-corrected chi connectivity index (χ1v) is 5.89. The maximum Gasteiger partial charge on any atom is 0.269 e. The van der Waals surface area contributed by atoms with Crippen molar-refractivity contribution >= 4 is 23.7 Å². The van der Waals surface area contributed by atoms with Crippen LogP contribution >= 0.6 is 0 Å². The zero-order valence-electron chi connectivity index (χ0n) is 10.5. The summed E-state index contributed by atoms with van der Waals surface area (Å²) in [5.74, 6) is 0.199. The van der Waals surface area contributed by atoms with Gasteiger partial charge in [0, 0.05) is 18.3 Å². The monoisotopic (exact) mass is 268 g/mol. The van der Waals surface area contributed by atoms with E-state index in [-0.39, 0.29) is 11.4 Å². The van der Waals surface area contributed by atoms with Gasteiger partial charge in [-0.2, -0.15) is 0 Å². The number of hydrogen-bond acceptors (Lipinski definition) is 4. The number of aromatic hydroxyl groups is 1. The largest absolute Gasteiger partial charge is 0.508 e. The fourth-order valence-electron chi connectivity index (χ4n) is 1.53. The van der Waals surface area contributed by atoms with E-state index in [1.54, 1.807) is 54.8 Å². The van der Waals surface area contributed by atoms with Crippen LogP contribution in [0.3, 0.4) is 0 Å². The molecule has 1 N–H and O–H groups in total. The van der Waals surface area contributed by atoms with E-state index in [1.807, 2.05) is 0 Å². The number of hydrogen-bond donors (Lipinski definition) is 1. The third kappa shape index (κ3) is 3.78. The average Bonchev–Trinajstić information content (AvgIpc) is 2.46. The van der Waals surface area contributed by atoms with Gasteiger partial charge in [-0.3, -0.25) is 15.1 Å². The van der Waals surface area contributed by atoms with Crippen LogP contribution in [0.1, 0.15) is 5.56 Å². The Hall–Kier alpha value is -2.95. The molecule has 0 atom stereocenters. The predicted molar refractivity (Wildman–Crippen MR) is 78.4 cm³/mol. The van der Waals surface area contributed by atoms with Gasteiger partial charge in [0.1, 0.15) is 5.75 Å². The van der Waals surface area contributed by atoms with Gasteiger partial charge in [-0.1, -0.05) is 6.08 Å². The van der Waals surface area contributed by atoms with Gasteiger partial charge in [0.15, 0.2) is 0 Å². The molecule has 0 heterocycles. The minimum Gasteiger partial charge on any atom is -0.508 e. The Morgan fingerprint density at radius 3 is 2.30 bits per heavy atom. The standard InChI is InChI=1S/C15H12N2O3/c18-15-9-5-13(6-10-15)16-11-1-2-12-3-7-14(8-4-12)17(19)20/h1-11,18H/b2-1+,16-11?. The quantitative estimate of drug-likeness (QED) is 0.521. The Bertz CT molecular complexity index is 644. The minimum atomic E-state index is -0.431. The lowest BCUT2D eigenvalue weighted by Crippen LogP contribution is -1.86. The van der Waals surface area contributed by atoms with Crippen molar-refractivity contribution in [2.75, 3.05) is 0 Å². The molecule has 0 saturated carbocycles. The summed E-state index contributed by atoms with van der Waals surface area (Å²) in [6, 6.07) is 12.8. The zero-order chi connectivity index (χ0) is 14.4. The van der Waals surface area contributed by atoms with Crippen LogP contribution < -0.4 is 0 Å². The number of nitrogens with zero attached hydrogens (tertiary/aromatic N) is 2. The summed E-state index contributed by atoms with van der Waals surface area (Å²) >= 11 is 0. The smallest absolute Gasteiger partial charge is 0.269 e. The number of phenolic OH excluding ortho intramolecular Hbond substituents is 1. The van der Waals surface area contributed by atoms with E-state index in [4.69, 9.17) is 5.11 Å². The fraction of sp³-hybridized carbons (Fsp3) is 0. The van der Waals surface area contributed by atoms with Crippen LogP contribution in [0, 0.1) is 10.1 Å². The SMILES string of the molecule is O=[N+]([O-])c1ccc(/C=C/C=Nc2ccc(O)cc2)cc1. The summed E-state index contributed by atoms with van der Waals surface area (Å²) in [5.41, 5.74) is 1.66. The van der Waals surface area contributed by atoms with Crippen LogP contribution in [0.5, 0.6) is 5.75 Å². The summed E-state index contributed by atoms with van der Waals surface area (Å²) in [7, 11) is 0. The number of non-ortho nitro benzene ring substituents is 1. The van der Waals surface area contributed by atoms with Crippen molar-refractivity contribution in [1.82, 2.24) is 0 Å². The zero-order valence-corrected chi connectivity index (χ0v) is 10.5. The Labute approximate surface area is 115 Å². The molecule has 0 amide bonds. The lowest BCUT2D eigenvalue weighted by Gasteiger charge is -1.93. The van der Waals surface area contributed by atoms with Gasteiger partial charge in [0.2, 0.25) is 0 Å². The summed E-state index contributed by atoms with van der Waals surface area (Å²) in [5, 5.41) is 19.6. The summed E-state index contributed by atoms with van der Waals surface area (Å²) < 4.78 is 0. The lowest BCUT2D eigenvalue weighted by molar-refractivity contribution is -0.384. The molecule has 2 aromatic carbocycles. The second kappa shape index (κ2) is 6.29. The molecule has 100 valence electrons. The molecule has 0 aliphatic heterocycles. The number of allylic oxidation sites excluding steroid dienone is 1. The van der Waals surface area contributed by atoms with Crippen molar-refractivity contribution < 1.29 is 10.0 Å². The van der Waals surface area contributed by atoms with Crippen molar-refractivity contribution in [2.24, 2.45) is 4.99 Å². The molecule has 5 nitrogen and oxygen atoms in total. The van der Waals surface area contributed by atoms with Gasteiger partial charge in [0.05, 0.1) is 10.6 Å². The number of nitro benzene ring substituents is 1. The highest BCUT2D eigenvalue weighted by Crippen LogP contribution is 2.16. The lowest BCUT2D eigenvalue weighted by atomic mass is 10.2. The highest BCUT2D eigenvalue weighted by molar-refractivity contribution is 5.80. The average molecular weight is 268 g/mol. The molecule has 0 bridgehead atoms. The number of phenols is 1. The molecule has 0 unspecified atom stereocenters. The molecule has 0 aliphatic carbocycles. The van der Waals surface area contributed by atoms with E-state index in [9.17, 15) is 10.1 Å². The Morgan fingerprint density at radius 2 is 1.70 bits per heavy atom. The molecule has 5 heteroatoms. The molecule has 0 fully saturated rings. The van der Waals surface area contributed by atoms with Crippen molar-refractivity contribution in [1.29, 1.82) is 0 Å². The molecule has 0 saturated heterocycles. The summed E-state index contributed by atoms with van der Waals surface area (Å²) in [4.78, 5) is 14.2. The number of nitro groups is 1. The third-order valence-corrected chi connectivity index (χ3v) is 2.55. The van der Waals surface area contributed by atoms with Gasteiger partial charge in [-0.05, 0) is 48.0 Å². The van der Waals surface area contributed by atoms with Gasteiger partial charge >= 0.3 is 0 Å². The second-order valence-electron chi connectivity index (χ2n) is 4.00. The Kier molecular flexibility index (Phi) is 4.24. The van der Waals surface area contributed by atoms with Crippen LogP contribution in [0.2, 0.25) is 0 Å².